The fraction of sp³-hybridized carbons (Fsp3) is 0.286. The Kier molecular flexibility index (Phi) is 4.18. The summed E-state index contributed by atoms with van der Waals surface area (Å²) in [5.74, 6) is 0.0519. The largest absolute Gasteiger partial charge is 0.373 e. The van der Waals surface area contributed by atoms with E-state index in [2.05, 4.69) is 22.9 Å². The van der Waals surface area contributed by atoms with Gasteiger partial charge in [0.1, 0.15) is 6.04 Å². The van der Waals surface area contributed by atoms with E-state index in [1.165, 1.54) is 6.92 Å². The normalized spacial score (nSPS) is 22.9. The van der Waals surface area contributed by atoms with Gasteiger partial charge in [-0.1, -0.05) is 19.1 Å². The lowest BCUT2D eigenvalue weighted by molar-refractivity contribution is -0.124. The van der Waals surface area contributed by atoms with Crippen LogP contribution in [0.2, 0.25) is 0 Å². The second kappa shape index (κ2) is 6.54. The van der Waals surface area contributed by atoms with E-state index in [1.54, 1.807) is 30.3 Å². The van der Waals surface area contributed by atoms with Gasteiger partial charge in [-0.3, -0.25) is 14.4 Å². The van der Waals surface area contributed by atoms with Gasteiger partial charge in [-0.05, 0) is 48.7 Å². The molecular weight excluding hydrogens is 342 g/mol. The summed E-state index contributed by atoms with van der Waals surface area (Å²) in [6.07, 6.45) is 0. The van der Waals surface area contributed by atoms with Gasteiger partial charge in [0.25, 0.3) is 5.91 Å². The quantitative estimate of drug-likeness (QED) is 0.732. The molecule has 1 saturated heterocycles. The summed E-state index contributed by atoms with van der Waals surface area (Å²) >= 11 is 0. The van der Waals surface area contributed by atoms with Crippen LogP contribution in [0.25, 0.3) is 0 Å². The van der Waals surface area contributed by atoms with Gasteiger partial charge in [-0.25, -0.2) is 0 Å². The van der Waals surface area contributed by atoms with E-state index in [-0.39, 0.29) is 35.5 Å². The molecule has 0 aliphatic carbocycles. The summed E-state index contributed by atoms with van der Waals surface area (Å²) in [6, 6.07) is 12.1. The van der Waals surface area contributed by atoms with Crippen LogP contribution in [-0.2, 0) is 4.79 Å². The summed E-state index contributed by atoms with van der Waals surface area (Å²) in [7, 11) is 0. The smallest absolute Gasteiger partial charge is 0.255 e. The number of hydrogen-bond acceptors (Lipinski definition) is 4. The molecule has 0 aromatic heterocycles. The molecule has 1 fully saturated rings. The summed E-state index contributed by atoms with van der Waals surface area (Å²) in [6.45, 7) is 4.23. The molecule has 2 amide bonds. The van der Waals surface area contributed by atoms with Crippen molar-refractivity contribution in [2.75, 3.05) is 17.2 Å². The molecule has 138 valence electrons. The number of piperidine rings is 1. The molecular formula is C21H21N3O3. The number of Topliss-reactive ketones (excluding diaryl/α,β-unsaturated/α-hetero) is 1. The van der Waals surface area contributed by atoms with Crippen LogP contribution in [0, 0.1) is 5.92 Å². The number of carbonyl (C=O) groups excluding carboxylic acids is 3. The van der Waals surface area contributed by atoms with E-state index in [4.69, 9.17) is 0 Å². The van der Waals surface area contributed by atoms with Gasteiger partial charge in [0.05, 0.1) is 0 Å². The SMILES string of the molecule is CC(=O)c1cccc(NC(=O)c2ccc3c(c2)C2C(C)CNC(=O)C2N3)c1. The number of amides is 2. The highest BCUT2D eigenvalue weighted by Crippen LogP contribution is 2.42. The Balaban J connectivity index is 1.59. The molecule has 0 saturated carbocycles. The van der Waals surface area contributed by atoms with E-state index in [0.717, 1.165) is 11.3 Å². The molecule has 0 radical (unpaired) electrons. The lowest BCUT2D eigenvalue weighted by Gasteiger charge is -2.31. The molecule has 27 heavy (non-hydrogen) atoms. The Morgan fingerprint density at radius 3 is 2.70 bits per heavy atom. The first-order valence-corrected chi connectivity index (χ1v) is 9.04. The fourth-order valence-corrected chi connectivity index (χ4v) is 3.93. The van der Waals surface area contributed by atoms with Gasteiger partial charge in [0.2, 0.25) is 5.91 Å². The lowest BCUT2D eigenvalue weighted by atomic mass is 9.80. The predicted octanol–water partition coefficient (Wildman–Crippen LogP) is 2.79. The molecule has 3 unspecified atom stereocenters. The van der Waals surface area contributed by atoms with Gasteiger partial charge >= 0.3 is 0 Å². The molecule has 0 bridgehead atoms. The monoisotopic (exact) mass is 363 g/mol. The average Bonchev–Trinajstić information content (AvgIpc) is 3.05. The molecule has 6 nitrogen and oxygen atoms in total. The first-order valence-electron chi connectivity index (χ1n) is 9.04. The third-order valence-corrected chi connectivity index (χ3v) is 5.36. The Morgan fingerprint density at radius 2 is 1.93 bits per heavy atom. The maximum atomic E-state index is 12.7. The average molecular weight is 363 g/mol. The third-order valence-electron chi connectivity index (χ3n) is 5.36. The lowest BCUT2D eigenvalue weighted by Crippen LogP contribution is -2.49. The number of ketones is 1. The van der Waals surface area contributed by atoms with Crippen LogP contribution in [-0.4, -0.2) is 30.2 Å². The third kappa shape index (κ3) is 3.07. The highest BCUT2D eigenvalue weighted by Gasteiger charge is 2.43. The van der Waals surface area contributed by atoms with Crippen molar-refractivity contribution in [2.24, 2.45) is 5.92 Å². The van der Waals surface area contributed by atoms with Crippen LogP contribution in [0.15, 0.2) is 42.5 Å². The van der Waals surface area contributed by atoms with Crippen LogP contribution in [0.5, 0.6) is 0 Å². The van der Waals surface area contributed by atoms with E-state index < -0.39 is 0 Å². The van der Waals surface area contributed by atoms with Crippen molar-refractivity contribution in [1.82, 2.24) is 5.32 Å². The minimum absolute atomic E-state index is 0.00125. The minimum Gasteiger partial charge on any atom is -0.373 e. The number of benzene rings is 2. The van der Waals surface area contributed by atoms with Crippen molar-refractivity contribution in [3.05, 3.63) is 59.2 Å². The number of nitrogens with one attached hydrogen (secondary N) is 3. The standard InChI is InChI=1S/C21H21N3O3/c1-11-10-22-21(27)19-18(11)16-9-14(6-7-17(16)24-19)20(26)23-15-5-3-4-13(8-15)12(2)25/h3-9,11,18-19,24H,10H2,1-2H3,(H,22,27)(H,23,26). The second-order valence-electron chi connectivity index (χ2n) is 7.26. The van der Waals surface area contributed by atoms with Gasteiger partial charge in [0.15, 0.2) is 5.78 Å². The summed E-state index contributed by atoms with van der Waals surface area (Å²) < 4.78 is 0. The Bertz CT molecular complexity index is 953. The zero-order chi connectivity index (χ0) is 19.1. The van der Waals surface area contributed by atoms with Gasteiger partial charge in [-0.15, -0.1) is 0 Å². The molecule has 3 atom stereocenters. The maximum absolute atomic E-state index is 12.7. The van der Waals surface area contributed by atoms with Crippen LogP contribution in [0.3, 0.4) is 0 Å². The summed E-state index contributed by atoms with van der Waals surface area (Å²) in [5.41, 5.74) is 3.57. The first-order chi connectivity index (χ1) is 12.9. The van der Waals surface area contributed by atoms with Gasteiger partial charge in [0, 0.05) is 35.0 Å². The van der Waals surface area contributed by atoms with Gasteiger partial charge in [-0.2, -0.15) is 0 Å². The summed E-state index contributed by atoms with van der Waals surface area (Å²) in [5, 5.41) is 9.03. The van der Waals surface area contributed by atoms with E-state index in [1.807, 2.05) is 12.1 Å². The molecule has 3 N–H and O–H groups in total. The van der Waals surface area contributed by atoms with E-state index in [0.29, 0.717) is 23.4 Å². The topological polar surface area (TPSA) is 87.3 Å². The van der Waals surface area contributed by atoms with Crippen LogP contribution >= 0.6 is 0 Å². The van der Waals surface area contributed by atoms with Crippen LogP contribution in [0.1, 0.15) is 46.0 Å². The molecule has 6 heteroatoms. The molecule has 2 aliphatic heterocycles. The molecule has 2 aliphatic rings. The van der Waals surface area contributed by atoms with Crippen molar-refractivity contribution in [3.8, 4) is 0 Å². The van der Waals surface area contributed by atoms with Crippen molar-refractivity contribution in [2.45, 2.75) is 25.8 Å². The summed E-state index contributed by atoms with van der Waals surface area (Å²) in [4.78, 5) is 36.4. The minimum atomic E-state index is -0.283. The van der Waals surface area contributed by atoms with Crippen molar-refractivity contribution >= 4 is 29.0 Å². The molecule has 2 aromatic rings. The predicted molar refractivity (Wildman–Crippen MR) is 103 cm³/mol. The van der Waals surface area contributed by atoms with Crippen LogP contribution in [0.4, 0.5) is 11.4 Å². The molecule has 2 heterocycles. The Hall–Kier alpha value is -3.15. The number of carbonyl (C=O) groups is 3. The van der Waals surface area contributed by atoms with Gasteiger partial charge < -0.3 is 16.0 Å². The molecule has 4 rings (SSSR count). The Morgan fingerprint density at radius 1 is 1.11 bits per heavy atom. The van der Waals surface area contributed by atoms with E-state index >= 15 is 0 Å². The number of fused-ring (bicyclic) bond motifs is 3. The zero-order valence-electron chi connectivity index (χ0n) is 15.2. The number of anilines is 2. The molecule has 2 aromatic carbocycles. The Labute approximate surface area is 157 Å². The zero-order valence-corrected chi connectivity index (χ0v) is 15.2. The fourth-order valence-electron chi connectivity index (χ4n) is 3.93. The van der Waals surface area contributed by atoms with Crippen molar-refractivity contribution in [3.63, 3.8) is 0 Å². The second-order valence-corrected chi connectivity index (χ2v) is 7.26. The van der Waals surface area contributed by atoms with Crippen LogP contribution < -0.4 is 16.0 Å². The van der Waals surface area contributed by atoms with Crippen molar-refractivity contribution in [1.29, 1.82) is 0 Å². The molecule has 0 spiro atoms. The number of hydrogen-bond donors (Lipinski definition) is 3. The first kappa shape index (κ1) is 17.3. The highest BCUT2D eigenvalue weighted by molar-refractivity contribution is 6.05. The van der Waals surface area contributed by atoms with E-state index in [9.17, 15) is 14.4 Å². The number of rotatable bonds is 3. The maximum Gasteiger partial charge on any atom is 0.255 e. The highest BCUT2D eigenvalue weighted by atomic mass is 16.2. The van der Waals surface area contributed by atoms with Crippen molar-refractivity contribution < 1.29 is 14.4 Å².